The molecule has 3 rings (SSSR count). The normalized spacial score (nSPS) is 10.6. The number of aliphatic carboxylic acids is 1. The van der Waals surface area contributed by atoms with E-state index in [9.17, 15) is 4.79 Å². The Kier molecular flexibility index (Phi) is 3.13. The minimum absolute atomic E-state index is 0.0313. The number of carboxylic acid groups (broad SMARTS) is 1. The number of carbonyl (C=O) groups is 1. The van der Waals surface area contributed by atoms with Gasteiger partial charge in [-0.15, -0.1) is 0 Å². The fraction of sp³-hybridized carbons (Fsp3) is 0.0625. The van der Waals surface area contributed by atoms with E-state index in [0.717, 1.165) is 27.6 Å². The van der Waals surface area contributed by atoms with Crippen molar-refractivity contribution in [3.05, 3.63) is 60.6 Å². The smallest absolute Gasteiger partial charge is 0.307 e. The van der Waals surface area contributed by atoms with Gasteiger partial charge in [0.2, 0.25) is 0 Å². The maximum atomic E-state index is 10.8. The molecule has 0 radical (unpaired) electrons. The van der Waals surface area contributed by atoms with Gasteiger partial charge >= 0.3 is 5.97 Å². The Morgan fingerprint density at radius 3 is 2.80 bits per heavy atom. The summed E-state index contributed by atoms with van der Waals surface area (Å²) < 4.78 is 0. The average molecular weight is 264 g/mol. The standard InChI is InChI=1S/C16H12N2O2/c19-16(20)7-11-2-1-3-12(6-11)13-4-5-14-9-17-10-18-15(14)8-13/h1-6,8-10H,7H2,(H,19,20). The summed E-state index contributed by atoms with van der Waals surface area (Å²) in [6.07, 6.45) is 3.32. The van der Waals surface area contributed by atoms with E-state index in [4.69, 9.17) is 5.11 Å². The van der Waals surface area contributed by atoms with Crippen molar-refractivity contribution in [1.29, 1.82) is 0 Å². The van der Waals surface area contributed by atoms with Crippen molar-refractivity contribution in [3.63, 3.8) is 0 Å². The summed E-state index contributed by atoms with van der Waals surface area (Å²) in [5, 5.41) is 9.84. The minimum Gasteiger partial charge on any atom is -0.481 e. The third-order valence-corrected chi connectivity index (χ3v) is 3.12. The first-order valence-corrected chi connectivity index (χ1v) is 6.23. The van der Waals surface area contributed by atoms with Crippen LogP contribution in [0.15, 0.2) is 55.0 Å². The third-order valence-electron chi connectivity index (χ3n) is 3.12. The lowest BCUT2D eigenvalue weighted by Crippen LogP contribution is -1.99. The Bertz CT molecular complexity index is 784. The zero-order chi connectivity index (χ0) is 13.9. The summed E-state index contributed by atoms with van der Waals surface area (Å²) in [6, 6.07) is 13.5. The van der Waals surface area contributed by atoms with Gasteiger partial charge in [-0.2, -0.15) is 0 Å². The summed E-state index contributed by atoms with van der Waals surface area (Å²) in [5.41, 5.74) is 3.67. The summed E-state index contributed by atoms with van der Waals surface area (Å²) in [6.45, 7) is 0. The van der Waals surface area contributed by atoms with E-state index < -0.39 is 5.97 Å². The molecule has 1 aromatic heterocycles. The summed E-state index contributed by atoms with van der Waals surface area (Å²) in [4.78, 5) is 19.0. The van der Waals surface area contributed by atoms with E-state index in [1.165, 1.54) is 6.33 Å². The molecule has 1 heterocycles. The molecule has 0 aliphatic rings. The Labute approximate surface area is 115 Å². The second-order valence-corrected chi connectivity index (χ2v) is 4.57. The van der Waals surface area contributed by atoms with E-state index in [-0.39, 0.29) is 6.42 Å². The van der Waals surface area contributed by atoms with Crippen LogP contribution in [-0.2, 0) is 11.2 Å². The third kappa shape index (κ3) is 2.49. The molecule has 0 atom stereocenters. The molecule has 0 aliphatic heterocycles. The second kappa shape index (κ2) is 5.09. The molecule has 20 heavy (non-hydrogen) atoms. The molecular formula is C16H12N2O2. The van der Waals surface area contributed by atoms with Gasteiger partial charge in [-0.1, -0.05) is 36.4 Å². The number of carboxylic acids is 1. The van der Waals surface area contributed by atoms with Crippen LogP contribution < -0.4 is 0 Å². The molecule has 0 unspecified atom stereocenters. The molecule has 4 nitrogen and oxygen atoms in total. The zero-order valence-corrected chi connectivity index (χ0v) is 10.7. The van der Waals surface area contributed by atoms with Crippen LogP contribution in [-0.4, -0.2) is 21.0 Å². The van der Waals surface area contributed by atoms with Crippen LogP contribution in [0.3, 0.4) is 0 Å². The molecule has 4 heteroatoms. The zero-order valence-electron chi connectivity index (χ0n) is 10.7. The molecule has 3 aromatic rings. The summed E-state index contributed by atoms with van der Waals surface area (Å²) >= 11 is 0. The van der Waals surface area contributed by atoms with Crippen LogP contribution in [0.25, 0.3) is 22.0 Å². The van der Waals surface area contributed by atoms with Crippen LogP contribution in [0.2, 0.25) is 0 Å². The van der Waals surface area contributed by atoms with Crippen molar-refractivity contribution in [2.24, 2.45) is 0 Å². The van der Waals surface area contributed by atoms with Crippen LogP contribution in [0.5, 0.6) is 0 Å². The number of hydrogen-bond donors (Lipinski definition) is 1. The molecule has 0 bridgehead atoms. The fourth-order valence-corrected chi connectivity index (χ4v) is 2.19. The Morgan fingerprint density at radius 1 is 1.10 bits per heavy atom. The maximum absolute atomic E-state index is 10.8. The number of rotatable bonds is 3. The van der Waals surface area contributed by atoms with E-state index in [1.807, 2.05) is 42.5 Å². The lowest BCUT2D eigenvalue weighted by molar-refractivity contribution is -0.136. The molecule has 0 aliphatic carbocycles. The highest BCUT2D eigenvalue weighted by atomic mass is 16.4. The Hall–Kier alpha value is -2.75. The lowest BCUT2D eigenvalue weighted by atomic mass is 10.0. The molecule has 0 spiro atoms. The number of nitrogens with zero attached hydrogens (tertiary/aromatic N) is 2. The van der Waals surface area contributed by atoms with E-state index in [2.05, 4.69) is 9.97 Å². The van der Waals surface area contributed by atoms with Gasteiger partial charge in [0, 0.05) is 11.6 Å². The number of fused-ring (bicyclic) bond motifs is 1. The van der Waals surface area contributed by atoms with Gasteiger partial charge in [0.25, 0.3) is 0 Å². The monoisotopic (exact) mass is 264 g/mol. The van der Waals surface area contributed by atoms with Crippen molar-refractivity contribution in [3.8, 4) is 11.1 Å². The van der Waals surface area contributed by atoms with Crippen molar-refractivity contribution in [1.82, 2.24) is 9.97 Å². The van der Waals surface area contributed by atoms with E-state index in [1.54, 1.807) is 6.20 Å². The fourth-order valence-electron chi connectivity index (χ4n) is 2.19. The molecule has 2 aromatic carbocycles. The van der Waals surface area contributed by atoms with Gasteiger partial charge in [0.1, 0.15) is 6.33 Å². The van der Waals surface area contributed by atoms with Crippen molar-refractivity contribution < 1.29 is 9.90 Å². The maximum Gasteiger partial charge on any atom is 0.307 e. The number of benzene rings is 2. The Morgan fingerprint density at radius 2 is 1.95 bits per heavy atom. The second-order valence-electron chi connectivity index (χ2n) is 4.57. The quantitative estimate of drug-likeness (QED) is 0.790. The predicted octanol–water partition coefficient (Wildman–Crippen LogP) is 2.92. The molecular weight excluding hydrogens is 252 g/mol. The molecule has 1 N–H and O–H groups in total. The predicted molar refractivity (Wildman–Crippen MR) is 76.3 cm³/mol. The van der Waals surface area contributed by atoms with Crippen LogP contribution in [0, 0.1) is 0 Å². The van der Waals surface area contributed by atoms with Gasteiger partial charge in [-0.3, -0.25) is 4.79 Å². The topological polar surface area (TPSA) is 63.1 Å². The number of hydrogen-bond acceptors (Lipinski definition) is 3. The first kappa shape index (κ1) is 12.3. The molecule has 0 fully saturated rings. The van der Waals surface area contributed by atoms with Crippen LogP contribution in [0.4, 0.5) is 0 Å². The molecule has 98 valence electrons. The lowest BCUT2D eigenvalue weighted by Gasteiger charge is -2.05. The highest BCUT2D eigenvalue weighted by Gasteiger charge is 2.04. The molecule has 0 saturated heterocycles. The minimum atomic E-state index is -0.826. The van der Waals surface area contributed by atoms with Gasteiger partial charge in [0.05, 0.1) is 11.9 Å². The van der Waals surface area contributed by atoms with Gasteiger partial charge in [0.15, 0.2) is 0 Å². The first-order chi connectivity index (χ1) is 9.72. The SMILES string of the molecule is O=C(O)Cc1cccc(-c2ccc3cncnc3c2)c1. The van der Waals surface area contributed by atoms with E-state index >= 15 is 0 Å². The summed E-state index contributed by atoms with van der Waals surface area (Å²) in [7, 11) is 0. The van der Waals surface area contributed by atoms with Crippen molar-refractivity contribution >= 4 is 16.9 Å². The largest absolute Gasteiger partial charge is 0.481 e. The summed E-state index contributed by atoms with van der Waals surface area (Å²) in [5.74, 6) is -0.826. The van der Waals surface area contributed by atoms with Gasteiger partial charge in [-0.25, -0.2) is 9.97 Å². The highest BCUT2D eigenvalue weighted by molar-refractivity contribution is 5.83. The molecule has 0 saturated carbocycles. The number of aromatic nitrogens is 2. The first-order valence-electron chi connectivity index (χ1n) is 6.23. The van der Waals surface area contributed by atoms with E-state index in [0.29, 0.717) is 0 Å². The van der Waals surface area contributed by atoms with Gasteiger partial charge in [-0.05, 0) is 22.8 Å². The van der Waals surface area contributed by atoms with Gasteiger partial charge < -0.3 is 5.11 Å². The van der Waals surface area contributed by atoms with Crippen LogP contribution >= 0.6 is 0 Å². The molecule has 0 amide bonds. The Balaban J connectivity index is 2.03. The van der Waals surface area contributed by atoms with Crippen molar-refractivity contribution in [2.75, 3.05) is 0 Å². The van der Waals surface area contributed by atoms with Crippen LogP contribution in [0.1, 0.15) is 5.56 Å². The average Bonchev–Trinajstić information content (AvgIpc) is 2.46. The van der Waals surface area contributed by atoms with Crippen molar-refractivity contribution in [2.45, 2.75) is 6.42 Å². The highest BCUT2D eigenvalue weighted by Crippen LogP contribution is 2.24.